The average Bonchev–Trinajstić information content (AvgIpc) is 3.08. The molecule has 0 bridgehead atoms. The number of hydrogen-bond donors (Lipinski definition) is 0. The van der Waals surface area contributed by atoms with E-state index in [1.165, 1.54) is 6.20 Å². The van der Waals surface area contributed by atoms with Gasteiger partial charge in [0, 0.05) is 23.1 Å². The lowest BCUT2D eigenvalue weighted by Gasteiger charge is -2.03. The average molecular weight is 257 g/mol. The maximum atomic E-state index is 11.4. The Hall–Kier alpha value is -1.69. The molecular formula is C10H9ClN2O4. The van der Waals surface area contributed by atoms with Gasteiger partial charge in [0.1, 0.15) is 17.7 Å². The maximum absolute atomic E-state index is 11.4. The number of rotatable bonds is 4. The molecule has 0 radical (unpaired) electrons. The van der Waals surface area contributed by atoms with E-state index in [1.807, 2.05) is 0 Å². The number of hydrogen-bond acceptors (Lipinski definition) is 5. The number of nitro groups is 1. The molecule has 1 aromatic rings. The number of aromatic nitrogens is 1. The molecule has 0 aromatic carbocycles. The molecule has 0 saturated heterocycles. The monoisotopic (exact) mass is 256 g/mol. The molecule has 7 heteroatoms. The molecule has 2 atom stereocenters. The van der Waals surface area contributed by atoms with Gasteiger partial charge in [0.2, 0.25) is 6.04 Å². The standard InChI is InChI=1S/C10H9ClN2O4/c11-9-2-1-6(4-12-9)5-17-10(14)7-3-8(7)13(15)16/h1-2,4,7-8H,3,5H2. The van der Waals surface area contributed by atoms with E-state index in [4.69, 9.17) is 16.3 Å². The van der Waals surface area contributed by atoms with Gasteiger partial charge in [-0.15, -0.1) is 0 Å². The van der Waals surface area contributed by atoms with E-state index < -0.39 is 22.9 Å². The number of carbonyl (C=O) groups is 1. The molecule has 90 valence electrons. The van der Waals surface area contributed by atoms with E-state index in [2.05, 4.69) is 4.98 Å². The van der Waals surface area contributed by atoms with Crippen LogP contribution in [0.5, 0.6) is 0 Å². The van der Waals surface area contributed by atoms with Crippen LogP contribution in [0.3, 0.4) is 0 Å². The Labute approximate surface area is 102 Å². The lowest BCUT2D eigenvalue weighted by Crippen LogP contribution is -2.13. The summed E-state index contributed by atoms with van der Waals surface area (Å²) in [6, 6.07) is 2.49. The van der Waals surface area contributed by atoms with Crippen LogP contribution >= 0.6 is 11.6 Å². The highest BCUT2D eigenvalue weighted by molar-refractivity contribution is 6.29. The lowest BCUT2D eigenvalue weighted by molar-refractivity contribution is -0.497. The van der Waals surface area contributed by atoms with Gasteiger partial charge < -0.3 is 4.74 Å². The first kappa shape index (κ1) is 11.8. The van der Waals surface area contributed by atoms with Gasteiger partial charge in [-0.3, -0.25) is 14.9 Å². The van der Waals surface area contributed by atoms with Crippen LogP contribution in [0.2, 0.25) is 5.15 Å². The molecule has 1 fully saturated rings. The summed E-state index contributed by atoms with van der Waals surface area (Å²) < 4.78 is 4.95. The van der Waals surface area contributed by atoms with Crippen LogP contribution in [0.1, 0.15) is 12.0 Å². The molecule has 6 nitrogen and oxygen atoms in total. The van der Waals surface area contributed by atoms with E-state index in [-0.39, 0.29) is 13.0 Å². The topological polar surface area (TPSA) is 82.3 Å². The zero-order chi connectivity index (χ0) is 12.4. The number of carbonyl (C=O) groups excluding carboxylic acids is 1. The quantitative estimate of drug-likeness (QED) is 0.352. The molecular weight excluding hydrogens is 248 g/mol. The van der Waals surface area contributed by atoms with Crippen molar-refractivity contribution in [2.45, 2.75) is 19.1 Å². The first-order chi connectivity index (χ1) is 8.08. The van der Waals surface area contributed by atoms with E-state index in [0.717, 1.165) is 0 Å². The predicted molar refractivity (Wildman–Crippen MR) is 57.9 cm³/mol. The molecule has 1 saturated carbocycles. The molecule has 1 aliphatic carbocycles. The van der Waals surface area contributed by atoms with Crippen LogP contribution in [0.15, 0.2) is 18.3 Å². The summed E-state index contributed by atoms with van der Waals surface area (Å²) >= 11 is 5.59. The summed E-state index contributed by atoms with van der Waals surface area (Å²) in [6.07, 6.45) is 1.76. The van der Waals surface area contributed by atoms with Gasteiger partial charge in [0.15, 0.2) is 0 Å². The summed E-state index contributed by atoms with van der Waals surface area (Å²) in [5.74, 6) is -1.12. The third-order valence-electron chi connectivity index (χ3n) is 2.50. The number of nitrogens with zero attached hydrogens (tertiary/aromatic N) is 2. The molecule has 2 unspecified atom stereocenters. The number of halogens is 1. The number of ether oxygens (including phenoxy) is 1. The van der Waals surface area contributed by atoms with Gasteiger partial charge in [-0.1, -0.05) is 17.7 Å². The molecule has 1 aliphatic rings. The fraction of sp³-hybridized carbons (Fsp3) is 0.400. The Kier molecular flexibility index (Phi) is 3.23. The van der Waals surface area contributed by atoms with Crippen molar-refractivity contribution in [2.24, 2.45) is 5.92 Å². The van der Waals surface area contributed by atoms with Crippen molar-refractivity contribution in [3.8, 4) is 0 Å². The van der Waals surface area contributed by atoms with Crippen molar-refractivity contribution in [1.82, 2.24) is 4.98 Å². The van der Waals surface area contributed by atoms with Gasteiger partial charge in [0.25, 0.3) is 0 Å². The maximum Gasteiger partial charge on any atom is 0.316 e. The minimum absolute atomic E-state index is 0.0595. The van der Waals surface area contributed by atoms with Gasteiger partial charge >= 0.3 is 5.97 Å². The van der Waals surface area contributed by atoms with Gasteiger partial charge in [-0.25, -0.2) is 4.98 Å². The second-order valence-electron chi connectivity index (χ2n) is 3.79. The van der Waals surface area contributed by atoms with Crippen LogP contribution in [0.4, 0.5) is 0 Å². The number of esters is 1. The first-order valence-corrected chi connectivity index (χ1v) is 5.36. The van der Waals surface area contributed by atoms with Gasteiger partial charge in [-0.2, -0.15) is 0 Å². The van der Waals surface area contributed by atoms with Crippen molar-refractivity contribution in [3.63, 3.8) is 0 Å². The molecule has 0 aliphatic heterocycles. The zero-order valence-corrected chi connectivity index (χ0v) is 9.46. The predicted octanol–water partition coefficient (Wildman–Crippen LogP) is 1.44. The van der Waals surface area contributed by atoms with Crippen LogP contribution in [0, 0.1) is 16.0 Å². The highest BCUT2D eigenvalue weighted by Gasteiger charge is 2.54. The third kappa shape index (κ3) is 2.91. The van der Waals surface area contributed by atoms with E-state index >= 15 is 0 Å². The summed E-state index contributed by atoms with van der Waals surface area (Å²) in [5, 5.41) is 10.7. The fourth-order valence-corrected chi connectivity index (χ4v) is 1.53. The normalized spacial score (nSPS) is 21.9. The highest BCUT2D eigenvalue weighted by atomic mass is 35.5. The highest BCUT2D eigenvalue weighted by Crippen LogP contribution is 2.34. The van der Waals surface area contributed by atoms with Gasteiger partial charge in [-0.05, 0) is 6.07 Å². The Morgan fingerprint density at radius 1 is 1.65 bits per heavy atom. The second kappa shape index (κ2) is 4.67. The van der Waals surface area contributed by atoms with E-state index in [9.17, 15) is 14.9 Å². The van der Waals surface area contributed by atoms with Crippen LogP contribution in [-0.2, 0) is 16.1 Å². The molecule has 0 spiro atoms. The summed E-state index contributed by atoms with van der Waals surface area (Å²) in [4.78, 5) is 25.1. The van der Waals surface area contributed by atoms with E-state index in [1.54, 1.807) is 12.1 Å². The van der Waals surface area contributed by atoms with Crippen LogP contribution < -0.4 is 0 Å². The summed E-state index contributed by atoms with van der Waals surface area (Å²) in [6.45, 7) is 0.0595. The van der Waals surface area contributed by atoms with Crippen molar-refractivity contribution in [1.29, 1.82) is 0 Å². The second-order valence-corrected chi connectivity index (χ2v) is 4.18. The van der Waals surface area contributed by atoms with E-state index in [0.29, 0.717) is 10.7 Å². The Morgan fingerprint density at radius 3 is 2.94 bits per heavy atom. The van der Waals surface area contributed by atoms with Crippen LogP contribution in [0.25, 0.3) is 0 Å². The van der Waals surface area contributed by atoms with Crippen molar-refractivity contribution in [3.05, 3.63) is 39.2 Å². The third-order valence-corrected chi connectivity index (χ3v) is 2.72. The zero-order valence-electron chi connectivity index (χ0n) is 8.71. The van der Waals surface area contributed by atoms with Crippen molar-refractivity contribution >= 4 is 17.6 Å². The largest absolute Gasteiger partial charge is 0.460 e. The van der Waals surface area contributed by atoms with Gasteiger partial charge in [0.05, 0.1) is 0 Å². The number of pyridine rings is 1. The fourth-order valence-electron chi connectivity index (χ4n) is 1.42. The molecule has 0 amide bonds. The van der Waals surface area contributed by atoms with Crippen molar-refractivity contribution < 1.29 is 14.5 Å². The Morgan fingerprint density at radius 2 is 2.41 bits per heavy atom. The smallest absolute Gasteiger partial charge is 0.316 e. The SMILES string of the molecule is O=C(OCc1ccc(Cl)nc1)C1CC1[N+](=O)[O-]. The minimum Gasteiger partial charge on any atom is -0.460 e. The molecule has 2 rings (SSSR count). The summed E-state index contributed by atoms with van der Waals surface area (Å²) in [5.41, 5.74) is 0.695. The Bertz CT molecular complexity index is 448. The molecule has 1 aromatic heterocycles. The molecule has 1 heterocycles. The Balaban J connectivity index is 1.81. The molecule has 0 N–H and O–H groups in total. The van der Waals surface area contributed by atoms with Crippen LogP contribution in [-0.4, -0.2) is 21.9 Å². The lowest BCUT2D eigenvalue weighted by atomic mass is 10.3. The minimum atomic E-state index is -0.772. The summed E-state index contributed by atoms with van der Waals surface area (Å²) in [7, 11) is 0. The van der Waals surface area contributed by atoms with Crippen molar-refractivity contribution in [2.75, 3.05) is 0 Å². The first-order valence-electron chi connectivity index (χ1n) is 4.98. The molecule has 17 heavy (non-hydrogen) atoms.